The summed E-state index contributed by atoms with van der Waals surface area (Å²) in [5, 5.41) is 12.8. The van der Waals surface area contributed by atoms with Crippen molar-refractivity contribution in [2.75, 3.05) is 19.7 Å². The van der Waals surface area contributed by atoms with Crippen LogP contribution in [0, 0.1) is 0 Å². The molecule has 1 aliphatic rings. The van der Waals surface area contributed by atoms with Crippen molar-refractivity contribution in [1.29, 1.82) is 0 Å². The Balaban J connectivity index is 0.000000861. The molecular weight excluding hydrogens is 248 g/mol. The molecule has 1 aliphatic heterocycles. The molecule has 0 spiro atoms. The van der Waals surface area contributed by atoms with Crippen LogP contribution in [0.15, 0.2) is 24.3 Å². The number of aliphatic hydroxyl groups is 1. The summed E-state index contributed by atoms with van der Waals surface area (Å²) in [5.41, 5.74) is 0.744. The normalized spacial score (nSPS) is 17.8. The summed E-state index contributed by atoms with van der Waals surface area (Å²) in [6.07, 6.45) is -0.739. The first-order valence-corrected chi connectivity index (χ1v) is 6.88. The van der Waals surface area contributed by atoms with E-state index < -0.39 is 6.43 Å². The van der Waals surface area contributed by atoms with Gasteiger partial charge in [-0.05, 0) is 31.5 Å². The van der Waals surface area contributed by atoms with Gasteiger partial charge in [-0.2, -0.15) is 0 Å². The fourth-order valence-corrected chi connectivity index (χ4v) is 2.43. The molecule has 2 rings (SSSR count). The van der Waals surface area contributed by atoms with Crippen molar-refractivity contribution in [3.05, 3.63) is 35.4 Å². The van der Waals surface area contributed by atoms with Crippen LogP contribution in [0.1, 0.15) is 44.2 Å². The SMILES string of the molecule is CC.OCC1(c2ccc(C(F)F)cc2)CCNCC1. The van der Waals surface area contributed by atoms with Crippen molar-refractivity contribution in [2.45, 2.75) is 38.5 Å². The number of nitrogens with one attached hydrogen (secondary N) is 1. The number of hydrogen-bond donors (Lipinski definition) is 2. The summed E-state index contributed by atoms with van der Waals surface area (Å²) in [4.78, 5) is 0. The van der Waals surface area contributed by atoms with E-state index in [1.165, 1.54) is 12.1 Å². The number of benzene rings is 1. The molecule has 2 nitrogen and oxygen atoms in total. The lowest BCUT2D eigenvalue weighted by Crippen LogP contribution is -2.42. The van der Waals surface area contributed by atoms with Crippen LogP contribution in [0.5, 0.6) is 0 Å². The van der Waals surface area contributed by atoms with Gasteiger partial charge >= 0.3 is 0 Å². The molecule has 1 aromatic rings. The molecule has 108 valence electrons. The van der Waals surface area contributed by atoms with E-state index in [-0.39, 0.29) is 17.6 Å². The molecular formula is C15H23F2NO. The van der Waals surface area contributed by atoms with E-state index in [0.29, 0.717) is 0 Å². The van der Waals surface area contributed by atoms with E-state index in [9.17, 15) is 13.9 Å². The fraction of sp³-hybridized carbons (Fsp3) is 0.600. The molecule has 2 N–H and O–H groups in total. The van der Waals surface area contributed by atoms with Gasteiger partial charge in [0, 0.05) is 11.0 Å². The maximum Gasteiger partial charge on any atom is 0.263 e. The minimum atomic E-state index is -2.43. The van der Waals surface area contributed by atoms with E-state index in [1.54, 1.807) is 12.1 Å². The fourth-order valence-electron chi connectivity index (χ4n) is 2.43. The van der Waals surface area contributed by atoms with Crippen molar-refractivity contribution < 1.29 is 13.9 Å². The molecule has 0 atom stereocenters. The zero-order valence-electron chi connectivity index (χ0n) is 11.6. The summed E-state index contributed by atoms with van der Waals surface area (Å²) < 4.78 is 24.9. The molecule has 1 aromatic carbocycles. The molecule has 0 amide bonds. The molecule has 0 bridgehead atoms. The van der Waals surface area contributed by atoms with Gasteiger partial charge in [-0.15, -0.1) is 0 Å². The van der Waals surface area contributed by atoms with Gasteiger partial charge in [-0.25, -0.2) is 8.78 Å². The summed E-state index contributed by atoms with van der Waals surface area (Å²) in [5.74, 6) is 0. The van der Waals surface area contributed by atoms with E-state index >= 15 is 0 Å². The maximum absolute atomic E-state index is 12.5. The molecule has 1 heterocycles. The predicted molar refractivity (Wildman–Crippen MR) is 73.6 cm³/mol. The Morgan fingerprint density at radius 2 is 1.68 bits per heavy atom. The highest BCUT2D eigenvalue weighted by molar-refractivity contribution is 5.30. The molecule has 1 fully saturated rings. The predicted octanol–water partition coefficient (Wildman–Crippen LogP) is 3.26. The van der Waals surface area contributed by atoms with Crippen LogP contribution >= 0.6 is 0 Å². The first-order chi connectivity index (χ1) is 9.18. The highest BCUT2D eigenvalue weighted by Crippen LogP contribution is 2.33. The number of rotatable bonds is 3. The van der Waals surface area contributed by atoms with Gasteiger partial charge in [0.25, 0.3) is 6.43 Å². The van der Waals surface area contributed by atoms with E-state index in [0.717, 1.165) is 31.5 Å². The first kappa shape index (κ1) is 16.1. The van der Waals surface area contributed by atoms with Crippen LogP contribution in [0.25, 0.3) is 0 Å². The van der Waals surface area contributed by atoms with Crippen LogP contribution in [-0.4, -0.2) is 24.8 Å². The molecule has 0 aromatic heterocycles. The topological polar surface area (TPSA) is 32.3 Å². The Labute approximate surface area is 113 Å². The first-order valence-electron chi connectivity index (χ1n) is 6.88. The summed E-state index contributed by atoms with van der Waals surface area (Å²) in [6, 6.07) is 6.37. The van der Waals surface area contributed by atoms with Gasteiger partial charge in [0.1, 0.15) is 0 Å². The highest BCUT2D eigenvalue weighted by Gasteiger charge is 2.33. The van der Waals surface area contributed by atoms with Crippen molar-refractivity contribution in [3.8, 4) is 0 Å². The lowest BCUT2D eigenvalue weighted by Gasteiger charge is -2.36. The minimum Gasteiger partial charge on any atom is -0.395 e. The summed E-state index contributed by atoms with van der Waals surface area (Å²) >= 11 is 0. The number of halogens is 2. The second kappa shape index (κ2) is 7.56. The highest BCUT2D eigenvalue weighted by atomic mass is 19.3. The second-order valence-electron chi connectivity index (χ2n) is 4.61. The lowest BCUT2D eigenvalue weighted by molar-refractivity contribution is 0.150. The Hall–Kier alpha value is -1.00. The molecule has 0 saturated carbocycles. The van der Waals surface area contributed by atoms with Gasteiger partial charge in [0.05, 0.1) is 6.61 Å². The molecule has 0 radical (unpaired) electrons. The van der Waals surface area contributed by atoms with Gasteiger partial charge in [-0.3, -0.25) is 0 Å². The van der Waals surface area contributed by atoms with Crippen LogP contribution < -0.4 is 5.32 Å². The third kappa shape index (κ3) is 3.74. The largest absolute Gasteiger partial charge is 0.395 e. The number of hydrogen-bond acceptors (Lipinski definition) is 2. The standard InChI is InChI=1S/C13H17F2NO.C2H6/c14-12(15)10-1-3-11(4-2-10)13(9-17)5-7-16-8-6-13;1-2/h1-4,12,16-17H,5-9H2;1-2H3. The van der Waals surface area contributed by atoms with Crippen molar-refractivity contribution in [1.82, 2.24) is 5.32 Å². The number of alkyl halides is 2. The maximum atomic E-state index is 12.5. The lowest BCUT2D eigenvalue weighted by atomic mass is 9.74. The van der Waals surface area contributed by atoms with Crippen molar-refractivity contribution >= 4 is 0 Å². The molecule has 4 heteroatoms. The van der Waals surface area contributed by atoms with E-state index in [2.05, 4.69) is 5.32 Å². The molecule has 19 heavy (non-hydrogen) atoms. The zero-order chi connectivity index (χ0) is 14.3. The Bertz CT molecular complexity index is 359. The third-order valence-corrected chi connectivity index (χ3v) is 3.64. The second-order valence-corrected chi connectivity index (χ2v) is 4.61. The van der Waals surface area contributed by atoms with Gasteiger partial charge < -0.3 is 10.4 Å². The van der Waals surface area contributed by atoms with Gasteiger partial charge in [-0.1, -0.05) is 38.1 Å². The van der Waals surface area contributed by atoms with Crippen LogP contribution in [0.4, 0.5) is 8.78 Å². The molecule has 1 saturated heterocycles. The van der Waals surface area contributed by atoms with E-state index in [1.807, 2.05) is 13.8 Å². The smallest absolute Gasteiger partial charge is 0.263 e. The summed E-state index contributed by atoms with van der Waals surface area (Å²) in [7, 11) is 0. The monoisotopic (exact) mass is 271 g/mol. The molecule has 0 aliphatic carbocycles. The van der Waals surface area contributed by atoms with Crippen LogP contribution in [0.2, 0.25) is 0 Å². The average Bonchev–Trinajstić information content (AvgIpc) is 2.50. The van der Waals surface area contributed by atoms with Gasteiger partial charge in [0.15, 0.2) is 0 Å². The number of aliphatic hydroxyl groups excluding tert-OH is 1. The zero-order valence-corrected chi connectivity index (χ0v) is 11.6. The average molecular weight is 271 g/mol. The Kier molecular flexibility index (Phi) is 6.38. The van der Waals surface area contributed by atoms with Crippen molar-refractivity contribution in [2.24, 2.45) is 0 Å². The third-order valence-electron chi connectivity index (χ3n) is 3.64. The van der Waals surface area contributed by atoms with Crippen molar-refractivity contribution in [3.63, 3.8) is 0 Å². The van der Waals surface area contributed by atoms with Gasteiger partial charge in [0.2, 0.25) is 0 Å². The molecule has 0 unspecified atom stereocenters. The quantitative estimate of drug-likeness (QED) is 0.884. The van der Waals surface area contributed by atoms with Crippen LogP contribution in [0.3, 0.4) is 0 Å². The van der Waals surface area contributed by atoms with E-state index in [4.69, 9.17) is 0 Å². The summed E-state index contributed by atoms with van der Waals surface area (Å²) in [6.45, 7) is 5.79. The Morgan fingerprint density at radius 1 is 1.16 bits per heavy atom. The Morgan fingerprint density at radius 3 is 2.11 bits per heavy atom. The minimum absolute atomic E-state index is 0.0378. The number of piperidine rings is 1. The van der Waals surface area contributed by atoms with Crippen LogP contribution in [-0.2, 0) is 5.41 Å².